The summed E-state index contributed by atoms with van der Waals surface area (Å²) >= 11 is 12.9. The van der Waals surface area contributed by atoms with Crippen LogP contribution in [0.5, 0.6) is 0 Å². The first-order chi connectivity index (χ1) is 11.6. The molecule has 3 aromatic rings. The highest BCUT2D eigenvalue weighted by Gasteiger charge is 2.02. The molecule has 0 aliphatic rings. The van der Waals surface area contributed by atoms with Crippen LogP contribution in [0.25, 0.3) is 11.0 Å². The van der Waals surface area contributed by atoms with Crippen LogP contribution in [0.1, 0.15) is 0 Å². The lowest BCUT2D eigenvalue weighted by molar-refractivity contribution is 0.990. The summed E-state index contributed by atoms with van der Waals surface area (Å²) in [5.41, 5.74) is 2.11. The minimum atomic E-state index is -0.220. The summed E-state index contributed by atoms with van der Waals surface area (Å²) in [5, 5.41) is 7.55. The summed E-state index contributed by atoms with van der Waals surface area (Å²) in [4.78, 5) is 17.8. The molecule has 0 amide bonds. The quantitative estimate of drug-likeness (QED) is 0.310. The predicted molar refractivity (Wildman–Crippen MR) is 105 cm³/mol. The Morgan fingerprint density at radius 3 is 2.67 bits per heavy atom. The van der Waals surface area contributed by atoms with Crippen molar-refractivity contribution in [2.45, 2.75) is 4.90 Å². The fourth-order valence-electron chi connectivity index (χ4n) is 2.15. The molecule has 3 rings (SSSR count). The van der Waals surface area contributed by atoms with Gasteiger partial charge in [-0.1, -0.05) is 11.6 Å². The van der Waals surface area contributed by atoms with Gasteiger partial charge in [0.25, 0.3) is 0 Å². The number of imidazole rings is 1. The van der Waals surface area contributed by atoms with Crippen molar-refractivity contribution >= 4 is 57.4 Å². The van der Waals surface area contributed by atoms with Gasteiger partial charge in [0.15, 0.2) is 5.11 Å². The highest BCUT2D eigenvalue weighted by molar-refractivity contribution is 7.99. The lowest BCUT2D eigenvalue weighted by Crippen LogP contribution is -2.30. The Morgan fingerprint density at radius 1 is 1.12 bits per heavy atom. The van der Waals surface area contributed by atoms with Gasteiger partial charge >= 0.3 is 5.69 Å². The number of benzene rings is 2. The number of thioether (sulfide) groups is 1. The fourth-order valence-corrected chi connectivity index (χ4v) is 3.26. The lowest BCUT2D eigenvalue weighted by atomic mass is 10.3. The summed E-state index contributed by atoms with van der Waals surface area (Å²) in [6.45, 7) is 0.738. The van der Waals surface area contributed by atoms with Crippen LogP contribution < -0.4 is 16.3 Å². The predicted octanol–water partition coefficient (Wildman–Crippen LogP) is 3.59. The number of hydrogen-bond acceptors (Lipinski definition) is 3. The van der Waals surface area contributed by atoms with Gasteiger partial charge in [0.1, 0.15) is 0 Å². The normalized spacial score (nSPS) is 10.7. The van der Waals surface area contributed by atoms with Gasteiger partial charge in [-0.3, -0.25) is 0 Å². The summed E-state index contributed by atoms with van der Waals surface area (Å²) < 4.78 is 0. The number of rotatable bonds is 5. The van der Waals surface area contributed by atoms with Gasteiger partial charge in [-0.15, -0.1) is 11.8 Å². The molecule has 5 nitrogen and oxygen atoms in total. The van der Waals surface area contributed by atoms with E-state index < -0.39 is 0 Å². The van der Waals surface area contributed by atoms with Crippen molar-refractivity contribution in [1.82, 2.24) is 15.3 Å². The Bertz CT molecular complexity index is 904. The van der Waals surface area contributed by atoms with Crippen molar-refractivity contribution in [3.63, 3.8) is 0 Å². The van der Waals surface area contributed by atoms with E-state index in [4.69, 9.17) is 23.8 Å². The first-order valence-corrected chi connectivity index (χ1v) is 9.02. The van der Waals surface area contributed by atoms with Gasteiger partial charge < -0.3 is 20.6 Å². The van der Waals surface area contributed by atoms with E-state index in [-0.39, 0.29) is 5.69 Å². The molecular weight excluding hydrogens is 364 g/mol. The molecular formula is C16H15ClN4OS2. The monoisotopic (exact) mass is 378 g/mol. The van der Waals surface area contributed by atoms with Gasteiger partial charge in [-0.2, -0.15) is 0 Å². The van der Waals surface area contributed by atoms with Gasteiger partial charge in [-0.25, -0.2) is 4.79 Å². The highest BCUT2D eigenvalue weighted by atomic mass is 35.5. The third kappa shape index (κ3) is 4.53. The zero-order valence-corrected chi connectivity index (χ0v) is 14.9. The van der Waals surface area contributed by atoms with Crippen LogP contribution in [-0.4, -0.2) is 27.4 Å². The van der Waals surface area contributed by atoms with Crippen molar-refractivity contribution in [1.29, 1.82) is 0 Å². The molecule has 0 saturated heterocycles. The Labute approximate surface area is 153 Å². The lowest BCUT2D eigenvalue weighted by Gasteiger charge is -2.10. The van der Waals surface area contributed by atoms with Crippen LogP contribution in [0.3, 0.4) is 0 Å². The van der Waals surface area contributed by atoms with Gasteiger partial charge in [0.2, 0.25) is 0 Å². The maximum absolute atomic E-state index is 11.3. The second kappa shape index (κ2) is 7.74. The number of H-pyrrole nitrogens is 2. The molecule has 4 N–H and O–H groups in total. The molecule has 0 atom stereocenters. The summed E-state index contributed by atoms with van der Waals surface area (Å²) in [7, 11) is 0. The summed E-state index contributed by atoms with van der Waals surface area (Å²) in [5.74, 6) is 0.883. The largest absolute Gasteiger partial charge is 0.362 e. The standard InChI is InChI=1S/C16H15ClN4OS2/c17-10-1-4-12(5-2-10)24-8-7-18-16(23)19-11-3-6-13-14(9-11)21-15(22)20-13/h1-6,9H,7-8H2,(H2,18,19,23)(H2,20,21,22). The topological polar surface area (TPSA) is 72.7 Å². The zero-order valence-electron chi connectivity index (χ0n) is 12.6. The average Bonchev–Trinajstić information content (AvgIpc) is 2.92. The molecule has 0 unspecified atom stereocenters. The van der Waals surface area contributed by atoms with E-state index in [9.17, 15) is 4.79 Å². The Balaban J connectivity index is 1.46. The van der Waals surface area contributed by atoms with Crippen molar-refractivity contribution < 1.29 is 0 Å². The molecule has 1 aromatic heterocycles. The number of hydrogen-bond donors (Lipinski definition) is 4. The Kier molecular flexibility index (Phi) is 5.44. The second-order valence-electron chi connectivity index (χ2n) is 5.02. The van der Waals surface area contributed by atoms with E-state index in [0.29, 0.717) is 5.11 Å². The van der Waals surface area contributed by atoms with Gasteiger partial charge in [0.05, 0.1) is 11.0 Å². The maximum Gasteiger partial charge on any atom is 0.323 e. The number of thiocarbonyl (C=S) groups is 1. The number of halogens is 1. The molecule has 0 fully saturated rings. The van der Waals surface area contributed by atoms with E-state index in [1.54, 1.807) is 11.8 Å². The van der Waals surface area contributed by atoms with Crippen LogP contribution in [0.15, 0.2) is 52.2 Å². The van der Waals surface area contributed by atoms with E-state index in [1.165, 1.54) is 4.90 Å². The molecule has 8 heteroatoms. The third-order valence-electron chi connectivity index (χ3n) is 3.24. The average molecular weight is 379 g/mol. The van der Waals surface area contributed by atoms with E-state index >= 15 is 0 Å². The van der Waals surface area contributed by atoms with Gasteiger partial charge in [0, 0.05) is 27.9 Å². The smallest absolute Gasteiger partial charge is 0.323 e. The van der Waals surface area contributed by atoms with Crippen LogP contribution in [-0.2, 0) is 0 Å². The molecule has 0 aliphatic heterocycles. The number of aromatic nitrogens is 2. The first kappa shape index (κ1) is 16.9. The van der Waals surface area contributed by atoms with E-state index in [0.717, 1.165) is 34.0 Å². The number of anilines is 1. The minimum Gasteiger partial charge on any atom is -0.362 e. The maximum atomic E-state index is 11.3. The molecule has 0 spiro atoms. The fraction of sp³-hybridized carbons (Fsp3) is 0.125. The summed E-state index contributed by atoms with van der Waals surface area (Å²) in [6.07, 6.45) is 0. The van der Waals surface area contributed by atoms with Crippen LogP contribution in [0, 0.1) is 0 Å². The molecule has 0 saturated carbocycles. The number of nitrogens with one attached hydrogen (secondary N) is 4. The second-order valence-corrected chi connectivity index (χ2v) is 7.04. The molecule has 0 bridgehead atoms. The molecule has 0 radical (unpaired) electrons. The van der Waals surface area contributed by atoms with Crippen molar-refractivity contribution in [3.8, 4) is 0 Å². The SMILES string of the molecule is O=c1[nH]c2ccc(NC(=S)NCCSc3ccc(Cl)cc3)cc2[nH]1. The summed E-state index contributed by atoms with van der Waals surface area (Å²) in [6, 6.07) is 13.3. The van der Waals surface area contributed by atoms with Crippen LogP contribution in [0.4, 0.5) is 5.69 Å². The zero-order chi connectivity index (χ0) is 16.9. The minimum absolute atomic E-state index is 0.220. The van der Waals surface area contributed by atoms with Crippen molar-refractivity contribution in [2.24, 2.45) is 0 Å². The molecule has 24 heavy (non-hydrogen) atoms. The highest BCUT2D eigenvalue weighted by Crippen LogP contribution is 2.19. The number of fused-ring (bicyclic) bond motifs is 1. The van der Waals surface area contributed by atoms with Crippen molar-refractivity contribution in [3.05, 3.63) is 58.0 Å². The Morgan fingerprint density at radius 2 is 1.88 bits per heavy atom. The molecule has 124 valence electrons. The molecule has 0 aliphatic carbocycles. The van der Waals surface area contributed by atoms with E-state index in [2.05, 4.69) is 20.6 Å². The van der Waals surface area contributed by atoms with E-state index in [1.807, 2.05) is 42.5 Å². The van der Waals surface area contributed by atoms with Crippen molar-refractivity contribution in [2.75, 3.05) is 17.6 Å². The third-order valence-corrected chi connectivity index (χ3v) is 4.76. The number of aromatic amines is 2. The van der Waals surface area contributed by atoms with Crippen LogP contribution >= 0.6 is 35.6 Å². The van der Waals surface area contributed by atoms with Gasteiger partial charge in [-0.05, 0) is 54.7 Å². The Hall–Kier alpha value is -1.96. The molecule has 1 heterocycles. The van der Waals surface area contributed by atoms with Crippen LogP contribution in [0.2, 0.25) is 5.02 Å². The first-order valence-electron chi connectivity index (χ1n) is 7.25. The molecule has 2 aromatic carbocycles.